The molecule has 0 bridgehead atoms. The minimum Gasteiger partial charge on any atom is -0.349 e. The molecule has 1 aromatic heterocycles. The lowest BCUT2D eigenvalue weighted by Crippen LogP contribution is -2.43. The molecule has 1 heterocycles. The predicted molar refractivity (Wildman–Crippen MR) is 120 cm³/mol. The average molecular weight is 387 g/mol. The molecular formula is C26H30N2O. The van der Waals surface area contributed by atoms with Gasteiger partial charge in [-0.1, -0.05) is 57.0 Å². The Hall–Kier alpha value is -2.68. The third-order valence-corrected chi connectivity index (χ3v) is 6.79. The highest BCUT2D eigenvalue weighted by Gasteiger charge is 2.29. The second-order valence-corrected chi connectivity index (χ2v) is 8.72. The number of rotatable bonds is 3. The third kappa shape index (κ3) is 3.91. The van der Waals surface area contributed by atoms with E-state index in [9.17, 15) is 4.79 Å². The zero-order chi connectivity index (χ0) is 20.5. The summed E-state index contributed by atoms with van der Waals surface area (Å²) in [5.41, 5.74) is 5.96. The predicted octanol–water partition coefficient (Wildman–Crippen LogP) is 6.07. The molecule has 0 aliphatic heterocycles. The van der Waals surface area contributed by atoms with Crippen molar-refractivity contribution in [1.29, 1.82) is 0 Å². The van der Waals surface area contributed by atoms with Crippen molar-refractivity contribution in [1.82, 2.24) is 10.3 Å². The molecule has 1 amide bonds. The van der Waals surface area contributed by atoms with Gasteiger partial charge in [-0.05, 0) is 61.4 Å². The molecule has 0 radical (unpaired) electrons. The van der Waals surface area contributed by atoms with Crippen molar-refractivity contribution < 1.29 is 4.79 Å². The van der Waals surface area contributed by atoms with E-state index in [1.165, 1.54) is 24.0 Å². The van der Waals surface area contributed by atoms with Crippen LogP contribution in [0.2, 0.25) is 0 Å². The van der Waals surface area contributed by atoms with Gasteiger partial charge in [0.25, 0.3) is 5.91 Å². The molecule has 0 spiro atoms. The van der Waals surface area contributed by atoms with Crippen LogP contribution in [-0.4, -0.2) is 16.9 Å². The number of amides is 1. The summed E-state index contributed by atoms with van der Waals surface area (Å²) in [5, 5.41) is 4.25. The fourth-order valence-electron chi connectivity index (χ4n) is 4.44. The van der Waals surface area contributed by atoms with Gasteiger partial charge in [-0.25, -0.2) is 4.98 Å². The van der Waals surface area contributed by atoms with Crippen LogP contribution in [0.1, 0.15) is 54.6 Å². The van der Waals surface area contributed by atoms with Gasteiger partial charge in [-0.2, -0.15) is 0 Å². The van der Waals surface area contributed by atoms with Gasteiger partial charge >= 0.3 is 0 Å². The van der Waals surface area contributed by atoms with Gasteiger partial charge in [0.1, 0.15) is 0 Å². The average Bonchev–Trinajstić information content (AvgIpc) is 2.72. The van der Waals surface area contributed by atoms with E-state index in [1.807, 2.05) is 30.3 Å². The van der Waals surface area contributed by atoms with Crippen LogP contribution in [0, 0.1) is 25.7 Å². The van der Waals surface area contributed by atoms with Crippen molar-refractivity contribution in [3.63, 3.8) is 0 Å². The van der Waals surface area contributed by atoms with Gasteiger partial charge in [0.2, 0.25) is 0 Å². The molecular weight excluding hydrogens is 356 g/mol. The van der Waals surface area contributed by atoms with E-state index in [4.69, 9.17) is 4.98 Å². The van der Waals surface area contributed by atoms with Crippen LogP contribution < -0.4 is 5.32 Å². The maximum atomic E-state index is 13.3. The maximum absolute atomic E-state index is 13.3. The zero-order valence-electron chi connectivity index (χ0n) is 17.8. The summed E-state index contributed by atoms with van der Waals surface area (Å²) in [7, 11) is 0. The van der Waals surface area contributed by atoms with Crippen LogP contribution in [0.15, 0.2) is 48.5 Å². The molecule has 4 rings (SSSR count). The first kappa shape index (κ1) is 19.6. The molecule has 2 aromatic carbocycles. The molecule has 3 atom stereocenters. The molecule has 29 heavy (non-hydrogen) atoms. The molecule has 0 saturated heterocycles. The number of nitrogens with zero attached hydrogens (tertiary/aromatic N) is 1. The number of hydrogen-bond donors (Lipinski definition) is 1. The van der Waals surface area contributed by atoms with Crippen LogP contribution in [0.25, 0.3) is 22.2 Å². The van der Waals surface area contributed by atoms with E-state index in [0.29, 0.717) is 17.4 Å². The Morgan fingerprint density at radius 1 is 1.00 bits per heavy atom. The Morgan fingerprint density at radius 2 is 1.79 bits per heavy atom. The van der Waals surface area contributed by atoms with E-state index in [1.54, 1.807) is 0 Å². The Bertz CT molecular complexity index is 1060. The van der Waals surface area contributed by atoms with Crippen LogP contribution >= 0.6 is 0 Å². The van der Waals surface area contributed by atoms with Gasteiger partial charge in [-0.15, -0.1) is 0 Å². The van der Waals surface area contributed by atoms with Crippen LogP contribution in [-0.2, 0) is 0 Å². The standard InChI is InChI=1S/C26H30N2O/c1-16-12-13-20(14-18(16)3)25-15-22(21-9-5-6-10-24(21)27-25)26(29)28-23-11-7-8-17(2)19(23)4/h5-6,9-10,12-15,17,19,23H,7-8,11H2,1-4H3,(H,28,29)/t17-,19+,23-/m1/s1. The van der Waals surface area contributed by atoms with Crippen LogP contribution in [0.5, 0.6) is 0 Å². The molecule has 1 fully saturated rings. The van der Waals surface area contributed by atoms with Crippen molar-refractivity contribution in [2.45, 2.75) is 53.0 Å². The van der Waals surface area contributed by atoms with Crippen LogP contribution in [0.3, 0.4) is 0 Å². The molecule has 1 saturated carbocycles. The Morgan fingerprint density at radius 3 is 2.59 bits per heavy atom. The second-order valence-electron chi connectivity index (χ2n) is 8.72. The molecule has 1 aliphatic rings. The number of hydrogen-bond acceptors (Lipinski definition) is 2. The number of carbonyl (C=O) groups is 1. The topological polar surface area (TPSA) is 42.0 Å². The van der Waals surface area contributed by atoms with E-state index >= 15 is 0 Å². The first-order valence-corrected chi connectivity index (χ1v) is 10.7. The second kappa shape index (κ2) is 7.98. The lowest BCUT2D eigenvalue weighted by Gasteiger charge is -2.34. The summed E-state index contributed by atoms with van der Waals surface area (Å²) in [5.74, 6) is 1.16. The maximum Gasteiger partial charge on any atom is 0.252 e. The summed E-state index contributed by atoms with van der Waals surface area (Å²) in [4.78, 5) is 18.2. The van der Waals surface area contributed by atoms with Gasteiger partial charge < -0.3 is 5.32 Å². The minimum absolute atomic E-state index is 0.0135. The summed E-state index contributed by atoms with van der Waals surface area (Å²) >= 11 is 0. The van der Waals surface area contributed by atoms with Crippen molar-refractivity contribution in [3.8, 4) is 11.3 Å². The quantitative estimate of drug-likeness (QED) is 0.593. The summed E-state index contributed by atoms with van der Waals surface area (Å²) in [6, 6.07) is 16.5. The fraction of sp³-hybridized carbons (Fsp3) is 0.385. The number of para-hydroxylation sites is 1. The largest absolute Gasteiger partial charge is 0.349 e. The number of fused-ring (bicyclic) bond motifs is 1. The smallest absolute Gasteiger partial charge is 0.252 e. The van der Waals surface area contributed by atoms with E-state index < -0.39 is 0 Å². The molecule has 3 heteroatoms. The Balaban J connectivity index is 1.74. The van der Waals surface area contributed by atoms with Crippen molar-refractivity contribution in [2.75, 3.05) is 0 Å². The number of aryl methyl sites for hydroxylation is 2. The first-order valence-electron chi connectivity index (χ1n) is 10.7. The summed E-state index contributed by atoms with van der Waals surface area (Å²) in [6.45, 7) is 8.78. The molecule has 150 valence electrons. The molecule has 1 aliphatic carbocycles. The first-order chi connectivity index (χ1) is 13.9. The third-order valence-electron chi connectivity index (χ3n) is 6.79. The fourth-order valence-corrected chi connectivity index (χ4v) is 4.44. The minimum atomic E-state index is 0.0135. The highest BCUT2D eigenvalue weighted by Crippen LogP contribution is 2.31. The monoisotopic (exact) mass is 386 g/mol. The normalized spacial score (nSPS) is 21.9. The van der Waals surface area contributed by atoms with Crippen molar-refractivity contribution in [2.24, 2.45) is 11.8 Å². The summed E-state index contributed by atoms with van der Waals surface area (Å²) in [6.07, 6.45) is 3.49. The van der Waals surface area contributed by atoms with Crippen LogP contribution in [0.4, 0.5) is 0 Å². The van der Waals surface area contributed by atoms with Crippen molar-refractivity contribution in [3.05, 3.63) is 65.2 Å². The molecule has 3 nitrogen and oxygen atoms in total. The van der Waals surface area contributed by atoms with Gasteiger partial charge in [-0.3, -0.25) is 4.79 Å². The number of aromatic nitrogens is 1. The highest BCUT2D eigenvalue weighted by atomic mass is 16.1. The van der Waals surface area contributed by atoms with Gasteiger partial charge in [0, 0.05) is 17.0 Å². The lowest BCUT2D eigenvalue weighted by molar-refractivity contribution is 0.0892. The Kier molecular flexibility index (Phi) is 5.40. The van der Waals surface area contributed by atoms with E-state index in [2.05, 4.69) is 51.2 Å². The van der Waals surface area contributed by atoms with E-state index in [0.717, 1.165) is 28.6 Å². The lowest BCUT2D eigenvalue weighted by atomic mass is 9.78. The van der Waals surface area contributed by atoms with E-state index in [-0.39, 0.29) is 11.9 Å². The Labute approximate surface area is 173 Å². The SMILES string of the molecule is Cc1ccc(-c2cc(C(=O)N[C@@H]3CCC[C@@H](C)[C@@H]3C)c3ccccc3n2)cc1C. The number of benzene rings is 2. The molecule has 1 N–H and O–H groups in total. The number of carbonyl (C=O) groups excluding carboxylic acids is 1. The zero-order valence-corrected chi connectivity index (χ0v) is 17.8. The van der Waals surface area contributed by atoms with Gasteiger partial charge in [0.05, 0.1) is 16.8 Å². The number of pyridine rings is 1. The number of nitrogens with one attached hydrogen (secondary N) is 1. The molecule has 3 aromatic rings. The van der Waals surface area contributed by atoms with Crippen molar-refractivity contribution >= 4 is 16.8 Å². The highest BCUT2D eigenvalue weighted by molar-refractivity contribution is 6.07. The van der Waals surface area contributed by atoms with Gasteiger partial charge in [0.15, 0.2) is 0 Å². The molecule has 0 unspecified atom stereocenters. The summed E-state index contributed by atoms with van der Waals surface area (Å²) < 4.78 is 0.